The number of rotatable bonds is 5. The SMILES string of the molecule is CCOC(=O)C1CCN(C(=NC)NCCN2CCCCCC2)CC1.I. The molecule has 0 spiro atoms. The molecule has 0 aromatic rings. The van der Waals surface area contributed by atoms with Crippen LogP contribution in [0.5, 0.6) is 0 Å². The smallest absolute Gasteiger partial charge is 0.309 e. The van der Waals surface area contributed by atoms with Crippen molar-refractivity contribution in [2.75, 3.05) is 52.9 Å². The van der Waals surface area contributed by atoms with Crippen LogP contribution in [0.25, 0.3) is 0 Å². The summed E-state index contributed by atoms with van der Waals surface area (Å²) in [6, 6.07) is 0. The minimum Gasteiger partial charge on any atom is -0.466 e. The highest BCUT2D eigenvalue weighted by atomic mass is 127. The van der Waals surface area contributed by atoms with Crippen LogP contribution in [-0.4, -0.2) is 74.7 Å². The van der Waals surface area contributed by atoms with Gasteiger partial charge >= 0.3 is 5.97 Å². The predicted octanol–water partition coefficient (Wildman–Crippen LogP) is 2.33. The fraction of sp³-hybridized carbons (Fsp3) is 0.889. The first-order chi connectivity index (χ1) is 11.7. The average molecular weight is 466 g/mol. The molecule has 0 unspecified atom stereocenters. The second-order valence-corrected chi connectivity index (χ2v) is 6.74. The van der Waals surface area contributed by atoms with Gasteiger partial charge in [-0.2, -0.15) is 0 Å². The minimum atomic E-state index is -0.0405. The van der Waals surface area contributed by atoms with Crippen molar-refractivity contribution in [1.82, 2.24) is 15.1 Å². The molecule has 0 atom stereocenters. The summed E-state index contributed by atoms with van der Waals surface area (Å²) < 4.78 is 5.14. The number of ether oxygens (including phenoxy) is 1. The zero-order valence-electron chi connectivity index (χ0n) is 15.8. The lowest BCUT2D eigenvalue weighted by molar-refractivity contribution is -0.149. The maximum Gasteiger partial charge on any atom is 0.309 e. The lowest BCUT2D eigenvalue weighted by Crippen LogP contribution is -2.48. The molecule has 0 aromatic heterocycles. The summed E-state index contributed by atoms with van der Waals surface area (Å²) in [4.78, 5) is 21.1. The van der Waals surface area contributed by atoms with E-state index in [0.717, 1.165) is 45.0 Å². The monoisotopic (exact) mass is 466 g/mol. The van der Waals surface area contributed by atoms with Gasteiger partial charge in [0.05, 0.1) is 12.5 Å². The van der Waals surface area contributed by atoms with Crippen LogP contribution >= 0.6 is 24.0 Å². The van der Waals surface area contributed by atoms with Crippen molar-refractivity contribution < 1.29 is 9.53 Å². The maximum atomic E-state index is 11.8. The number of nitrogens with zero attached hydrogens (tertiary/aromatic N) is 3. The molecule has 2 fully saturated rings. The van der Waals surface area contributed by atoms with Crippen LogP contribution in [0.2, 0.25) is 0 Å². The van der Waals surface area contributed by atoms with Crippen molar-refractivity contribution in [2.45, 2.75) is 45.4 Å². The molecule has 1 N–H and O–H groups in total. The van der Waals surface area contributed by atoms with Gasteiger partial charge in [0.25, 0.3) is 0 Å². The third kappa shape index (κ3) is 7.68. The van der Waals surface area contributed by atoms with Crippen molar-refractivity contribution in [3.63, 3.8) is 0 Å². The highest BCUT2D eigenvalue weighted by Crippen LogP contribution is 2.18. The van der Waals surface area contributed by atoms with Crippen molar-refractivity contribution in [2.24, 2.45) is 10.9 Å². The van der Waals surface area contributed by atoms with Gasteiger partial charge in [0, 0.05) is 33.2 Å². The van der Waals surface area contributed by atoms with Crippen LogP contribution in [0.15, 0.2) is 4.99 Å². The predicted molar refractivity (Wildman–Crippen MR) is 113 cm³/mol. The van der Waals surface area contributed by atoms with E-state index >= 15 is 0 Å². The summed E-state index contributed by atoms with van der Waals surface area (Å²) in [5.74, 6) is 0.977. The molecular weight excluding hydrogens is 431 g/mol. The average Bonchev–Trinajstić information content (AvgIpc) is 2.88. The van der Waals surface area contributed by atoms with Crippen LogP contribution in [0, 0.1) is 5.92 Å². The van der Waals surface area contributed by atoms with Gasteiger partial charge in [0.15, 0.2) is 5.96 Å². The Bertz CT molecular complexity index is 404. The quantitative estimate of drug-likeness (QED) is 0.292. The van der Waals surface area contributed by atoms with E-state index in [1.54, 1.807) is 0 Å². The number of aliphatic imine (C=N–C) groups is 1. The number of carbonyl (C=O) groups excluding carboxylic acids is 1. The van der Waals surface area contributed by atoms with Gasteiger partial charge in [-0.1, -0.05) is 12.8 Å². The third-order valence-corrected chi connectivity index (χ3v) is 5.04. The largest absolute Gasteiger partial charge is 0.466 e. The topological polar surface area (TPSA) is 57.2 Å². The van der Waals surface area contributed by atoms with E-state index in [1.807, 2.05) is 14.0 Å². The Labute approximate surface area is 169 Å². The van der Waals surface area contributed by atoms with Crippen LogP contribution < -0.4 is 5.32 Å². The van der Waals surface area contributed by atoms with Crippen molar-refractivity contribution >= 4 is 35.9 Å². The Morgan fingerprint density at radius 3 is 2.32 bits per heavy atom. The number of hydrogen-bond donors (Lipinski definition) is 1. The van der Waals surface area contributed by atoms with Crippen molar-refractivity contribution in [1.29, 1.82) is 0 Å². The lowest BCUT2D eigenvalue weighted by atomic mass is 9.97. The standard InChI is InChI=1S/C18H34N4O2.HI/c1-3-24-17(23)16-8-13-22(14-9-16)18(19-2)20-10-15-21-11-6-4-5-7-12-21;/h16H,3-15H2,1-2H3,(H,19,20);1H. The first kappa shape index (κ1) is 22.5. The summed E-state index contributed by atoms with van der Waals surface area (Å²) >= 11 is 0. The molecule has 7 heteroatoms. The summed E-state index contributed by atoms with van der Waals surface area (Å²) in [6.07, 6.45) is 7.12. The number of piperidine rings is 1. The molecule has 2 heterocycles. The second kappa shape index (κ2) is 12.7. The zero-order chi connectivity index (χ0) is 17.2. The molecule has 0 radical (unpaired) electrons. The Kier molecular flexibility index (Phi) is 11.4. The van der Waals surface area contributed by atoms with Crippen LogP contribution in [-0.2, 0) is 9.53 Å². The highest BCUT2D eigenvalue weighted by Gasteiger charge is 2.27. The molecule has 0 bridgehead atoms. The third-order valence-electron chi connectivity index (χ3n) is 5.04. The van der Waals surface area contributed by atoms with Gasteiger partial charge in [0.1, 0.15) is 0 Å². The second-order valence-electron chi connectivity index (χ2n) is 6.74. The molecule has 2 saturated heterocycles. The van der Waals surface area contributed by atoms with Gasteiger partial charge in [-0.25, -0.2) is 0 Å². The number of guanidine groups is 1. The Morgan fingerprint density at radius 2 is 1.76 bits per heavy atom. The normalized spacial score (nSPS) is 20.6. The first-order valence-corrected chi connectivity index (χ1v) is 9.59. The van der Waals surface area contributed by atoms with E-state index in [1.165, 1.54) is 38.8 Å². The molecule has 2 rings (SSSR count). The minimum absolute atomic E-state index is 0. The number of hydrogen-bond acceptors (Lipinski definition) is 4. The van der Waals surface area contributed by atoms with Crippen LogP contribution in [0.3, 0.4) is 0 Å². The maximum absolute atomic E-state index is 11.8. The van der Waals surface area contributed by atoms with Gasteiger partial charge in [-0.15, -0.1) is 24.0 Å². The summed E-state index contributed by atoms with van der Waals surface area (Å²) in [5.41, 5.74) is 0. The summed E-state index contributed by atoms with van der Waals surface area (Å²) in [6.45, 7) is 8.54. The molecular formula is C18H35IN4O2. The molecule has 0 aliphatic carbocycles. The Hall–Kier alpha value is -0.570. The Balaban J connectivity index is 0.00000312. The van der Waals surface area contributed by atoms with Crippen molar-refractivity contribution in [3.05, 3.63) is 0 Å². The number of esters is 1. The van der Waals surface area contributed by atoms with E-state index < -0.39 is 0 Å². The molecule has 0 saturated carbocycles. The molecule has 0 amide bonds. The van der Waals surface area contributed by atoms with Crippen LogP contribution in [0.1, 0.15) is 45.4 Å². The molecule has 25 heavy (non-hydrogen) atoms. The van der Waals surface area contributed by atoms with E-state index in [4.69, 9.17) is 4.74 Å². The van der Waals surface area contributed by atoms with Gasteiger partial charge in [-0.3, -0.25) is 9.79 Å². The summed E-state index contributed by atoms with van der Waals surface area (Å²) in [5, 5.41) is 3.49. The van der Waals surface area contributed by atoms with E-state index in [-0.39, 0.29) is 35.9 Å². The Morgan fingerprint density at radius 1 is 1.12 bits per heavy atom. The molecule has 6 nitrogen and oxygen atoms in total. The highest BCUT2D eigenvalue weighted by molar-refractivity contribution is 14.0. The fourth-order valence-electron chi connectivity index (χ4n) is 3.60. The lowest BCUT2D eigenvalue weighted by Gasteiger charge is -2.33. The van der Waals surface area contributed by atoms with Gasteiger partial charge in [0.2, 0.25) is 0 Å². The number of likely N-dealkylation sites (tertiary alicyclic amines) is 2. The van der Waals surface area contributed by atoms with E-state index in [9.17, 15) is 4.79 Å². The summed E-state index contributed by atoms with van der Waals surface area (Å²) in [7, 11) is 1.84. The molecule has 0 aromatic carbocycles. The van der Waals surface area contributed by atoms with Gasteiger partial charge < -0.3 is 19.9 Å². The van der Waals surface area contributed by atoms with E-state index in [0.29, 0.717) is 6.61 Å². The fourth-order valence-corrected chi connectivity index (χ4v) is 3.60. The molecule has 2 aliphatic rings. The number of carbonyl (C=O) groups is 1. The first-order valence-electron chi connectivity index (χ1n) is 9.59. The van der Waals surface area contributed by atoms with Crippen molar-refractivity contribution in [3.8, 4) is 0 Å². The van der Waals surface area contributed by atoms with E-state index in [2.05, 4.69) is 20.1 Å². The number of halogens is 1. The molecule has 146 valence electrons. The zero-order valence-corrected chi connectivity index (χ0v) is 18.2. The van der Waals surface area contributed by atoms with Gasteiger partial charge in [-0.05, 0) is 45.7 Å². The number of nitrogens with one attached hydrogen (secondary N) is 1. The van der Waals surface area contributed by atoms with Crippen LogP contribution in [0.4, 0.5) is 0 Å². The molecule has 2 aliphatic heterocycles.